The van der Waals surface area contributed by atoms with Crippen molar-refractivity contribution in [2.75, 3.05) is 0 Å². The van der Waals surface area contributed by atoms with Crippen LogP contribution in [0.1, 0.15) is 59.0 Å². The van der Waals surface area contributed by atoms with Crippen molar-refractivity contribution in [1.29, 1.82) is 0 Å². The van der Waals surface area contributed by atoms with Gasteiger partial charge in [-0.25, -0.2) is 9.97 Å². The molecule has 1 aromatic rings. The first kappa shape index (κ1) is 13.1. The van der Waals surface area contributed by atoms with Gasteiger partial charge in [-0.2, -0.15) is 0 Å². The molecule has 1 atom stereocenters. The van der Waals surface area contributed by atoms with Crippen molar-refractivity contribution in [1.82, 2.24) is 9.97 Å². The summed E-state index contributed by atoms with van der Waals surface area (Å²) < 4.78 is 0. The molecular formula is C13H22N2O. The van der Waals surface area contributed by atoms with Crippen molar-refractivity contribution in [3.63, 3.8) is 0 Å². The summed E-state index contributed by atoms with van der Waals surface area (Å²) in [5.41, 5.74) is 0.540. The van der Waals surface area contributed by atoms with E-state index in [0.29, 0.717) is 0 Å². The smallest absolute Gasteiger partial charge is 0.133 e. The summed E-state index contributed by atoms with van der Waals surface area (Å²) in [4.78, 5) is 8.63. The topological polar surface area (TPSA) is 46.0 Å². The number of rotatable bonds is 1. The maximum absolute atomic E-state index is 10.1. The second-order valence-corrected chi connectivity index (χ2v) is 6.36. The Balaban J connectivity index is 2.96. The highest BCUT2D eigenvalue weighted by molar-refractivity contribution is 5.13. The van der Waals surface area contributed by atoms with Crippen LogP contribution in [0.2, 0.25) is 0 Å². The third-order valence-electron chi connectivity index (χ3n) is 2.48. The van der Waals surface area contributed by atoms with Crippen LogP contribution in [-0.2, 0) is 5.41 Å². The zero-order valence-corrected chi connectivity index (χ0v) is 11.1. The number of aromatic nitrogens is 2. The monoisotopic (exact) mass is 222 g/mol. The average molecular weight is 222 g/mol. The summed E-state index contributed by atoms with van der Waals surface area (Å²) in [5.74, 6) is 0.803. The van der Waals surface area contributed by atoms with Gasteiger partial charge in [-0.05, 0) is 5.41 Å². The highest BCUT2D eigenvalue weighted by Crippen LogP contribution is 2.32. The molecule has 1 unspecified atom stereocenters. The Bertz CT molecular complexity index is 344. The molecule has 1 heterocycles. The molecule has 1 N–H and O–H groups in total. The highest BCUT2D eigenvalue weighted by atomic mass is 16.3. The molecule has 0 amide bonds. The quantitative estimate of drug-likeness (QED) is 0.794. The SMILES string of the molecule is CC(C)(C)c1ncc(C(O)C(C)(C)C)cn1. The molecule has 3 nitrogen and oxygen atoms in total. The van der Waals surface area contributed by atoms with E-state index in [0.717, 1.165) is 11.4 Å². The van der Waals surface area contributed by atoms with E-state index in [-0.39, 0.29) is 10.8 Å². The third kappa shape index (κ3) is 3.01. The lowest BCUT2D eigenvalue weighted by atomic mass is 9.86. The van der Waals surface area contributed by atoms with Crippen LogP contribution in [0.5, 0.6) is 0 Å². The molecule has 0 spiro atoms. The van der Waals surface area contributed by atoms with Crippen LogP contribution >= 0.6 is 0 Å². The average Bonchev–Trinajstić information content (AvgIpc) is 2.14. The van der Waals surface area contributed by atoms with Gasteiger partial charge >= 0.3 is 0 Å². The first-order valence-electron chi connectivity index (χ1n) is 5.63. The van der Waals surface area contributed by atoms with Crippen LogP contribution in [0.4, 0.5) is 0 Å². The predicted molar refractivity (Wildman–Crippen MR) is 65.1 cm³/mol. The Kier molecular flexibility index (Phi) is 3.38. The van der Waals surface area contributed by atoms with Crippen LogP contribution in [0.15, 0.2) is 12.4 Å². The fraction of sp³-hybridized carbons (Fsp3) is 0.692. The molecule has 90 valence electrons. The van der Waals surface area contributed by atoms with Gasteiger partial charge in [0.25, 0.3) is 0 Å². The summed E-state index contributed by atoms with van der Waals surface area (Å²) in [5, 5.41) is 10.1. The molecule has 0 bridgehead atoms. The molecule has 0 saturated heterocycles. The molecule has 0 aromatic carbocycles. The minimum atomic E-state index is -0.526. The van der Waals surface area contributed by atoms with E-state index in [2.05, 4.69) is 30.7 Å². The number of hydrogen-bond acceptors (Lipinski definition) is 3. The van der Waals surface area contributed by atoms with Crippen molar-refractivity contribution in [3.8, 4) is 0 Å². The maximum Gasteiger partial charge on any atom is 0.133 e. The highest BCUT2D eigenvalue weighted by Gasteiger charge is 2.25. The van der Waals surface area contributed by atoms with E-state index < -0.39 is 6.10 Å². The van der Waals surface area contributed by atoms with Gasteiger partial charge in [-0.15, -0.1) is 0 Å². The molecule has 0 fully saturated rings. The van der Waals surface area contributed by atoms with Gasteiger partial charge in [-0.3, -0.25) is 0 Å². The predicted octanol–water partition coefficient (Wildman–Crippen LogP) is 2.85. The molecule has 1 rings (SSSR count). The van der Waals surface area contributed by atoms with E-state index in [1.807, 2.05) is 20.8 Å². The van der Waals surface area contributed by atoms with Gasteiger partial charge in [-0.1, -0.05) is 41.5 Å². The minimum Gasteiger partial charge on any atom is -0.388 e. The van der Waals surface area contributed by atoms with E-state index in [1.54, 1.807) is 12.4 Å². The van der Waals surface area contributed by atoms with E-state index in [1.165, 1.54) is 0 Å². The Hall–Kier alpha value is -0.960. The molecule has 0 aliphatic heterocycles. The van der Waals surface area contributed by atoms with E-state index in [4.69, 9.17) is 0 Å². The lowest BCUT2D eigenvalue weighted by Crippen LogP contribution is -2.20. The summed E-state index contributed by atoms with van der Waals surface area (Å²) in [7, 11) is 0. The fourth-order valence-electron chi connectivity index (χ4n) is 1.37. The molecule has 1 aromatic heterocycles. The third-order valence-corrected chi connectivity index (χ3v) is 2.48. The summed E-state index contributed by atoms with van der Waals surface area (Å²) in [6, 6.07) is 0. The fourth-order valence-corrected chi connectivity index (χ4v) is 1.37. The maximum atomic E-state index is 10.1. The minimum absolute atomic E-state index is 0.0504. The summed E-state index contributed by atoms with van der Waals surface area (Å²) in [6.07, 6.45) is 2.93. The van der Waals surface area contributed by atoms with E-state index in [9.17, 15) is 5.11 Å². The Morgan fingerprint density at radius 3 is 1.75 bits per heavy atom. The number of aliphatic hydroxyl groups is 1. The molecule has 0 aliphatic rings. The molecule has 0 radical (unpaired) electrons. The van der Waals surface area contributed by atoms with Gasteiger partial charge in [0.2, 0.25) is 0 Å². The van der Waals surface area contributed by atoms with Gasteiger partial charge in [0, 0.05) is 23.4 Å². The van der Waals surface area contributed by atoms with Gasteiger partial charge < -0.3 is 5.11 Å². The Morgan fingerprint density at radius 1 is 1.00 bits per heavy atom. The molecule has 3 heteroatoms. The van der Waals surface area contributed by atoms with Gasteiger partial charge in [0.15, 0.2) is 0 Å². The van der Waals surface area contributed by atoms with Crippen LogP contribution < -0.4 is 0 Å². The zero-order chi connectivity index (χ0) is 12.6. The van der Waals surface area contributed by atoms with Crippen LogP contribution in [-0.4, -0.2) is 15.1 Å². The van der Waals surface area contributed by atoms with Crippen LogP contribution in [0.3, 0.4) is 0 Å². The van der Waals surface area contributed by atoms with Crippen molar-refractivity contribution in [2.24, 2.45) is 5.41 Å². The Morgan fingerprint density at radius 2 is 1.44 bits per heavy atom. The molecule has 16 heavy (non-hydrogen) atoms. The van der Waals surface area contributed by atoms with Crippen molar-refractivity contribution in [2.45, 2.75) is 53.1 Å². The van der Waals surface area contributed by atoms with Crippen LogP contribution in [0.25, 0.3) is 0 Å². The molecule has 0 aliphatic carbocycles. The van der Waals surface area contributed by atoms with Gasteiger partial charge in [0.05, 0.1) is 6.10 Å². The Labute approximate surface area is 97.9 Å². The van der Waals surface area contributed by atoms with Crippen molar-refractivity contribution in [3.05, 3.63) is 23.8 Å². The second kappa shape index (κ2) is 4.13. The summed E-state index contributed by atoms with van der Waals surface area (Å²) >= 11 is 0. The standard InChI is InChI=1S/C13H22N2O/c1-12(2,3)10(16)9-7-14-11(15-8-9)13(4,5)6/h7-8,10,16H,1-6H3. The van der Waals surface area contributed by atoms with E-state index >= 15 is 0 Å². The first-order valence-corrected chi connectivity index (χ1v) is 5.63. The van der Waals surface area contributed by atoms with Crippen LogP contribution in [0, 0.1) is 5.41 Å². The number of nitrogens with zero attached hydrogens (tertiary/aromatic N) is 2. The normalized spacial score (nSPS) is 14.9. The first-order chi connectivity index (χ1) is 7.12. The lowest BCUT2D eigenvalue weighted by Gasteiger charge is -2.26. The molecular weight excluding hydrogens is 200 g/mol. The molecule has 0 saturated carbocycles. The largest absolute Gasteiger partial charge is 0.388 e. The summed E-state index contributed by atoms with van der Waals surface area (Å²) in [6.45, 7) is 12.2. The van der Waals surface area contributed by atoms with Crippen molar-refractivity contribution < 1.29 is 5.11 Å². The lowest BCUT2D eigenvalue weighted by molar-refractivity contribution is 0.0619. The number of aliphatic hydroxyl groups excluding tert-OH is 1. The second-order valence-electron chi connectivity index (χ2n) is 6.36. The zero-order valence-electron chi connectivity index (χ0n) is 11.1. The van der Waals surface area contributed by atoms with Gasteiger partial charge in [0.1, 0.15) is 5.82 Å². The van der Waals surface area contributed by atoms with Crippen molar-refractivity contribution >= 4 is 0 Å². The number of hydrogen-bond donors (Lipinski definition) is 1.